The summed E-state index contributed by atoms with van der Waals surface area (Å²) in [7, 11) is 0. The minimum Gasteiger partial charge on any atom is -0.481 e. The molecule has 2 amide bonds. The second kappa shape index (κ2) is 4.62. The van der Waals surface area contributed by atoms with Gasteiger partial charge in [-0.3, -0.25) is 19.3 Å². The molecule has 0 unspecified atom stereocenters. The van der Waals surface area contributed by atoms with Gasteiger partial charge in [-0.05, 0) is 18.3 Å². The van der Waals surface area contributed by atoms with Crippen molar-refractivity contribution in [1.29, 1.82) is 0 Å². The van der Waals surface area contributed by atoms with E-state index in [1.54, 1.807) is 0 Å². The lowest BCUT2D eigenvalue weighted by Crippen LogP contribution is -2.58. The molecule has 0 aromatic rings. The van der Waals surface area contributed by atoms with Crippen molar-refractivity contribution >= 4 is 17.8 Å². The molecule has 1 saturated carbocycles. The minimum absolute atomic E-state index is 0.120. The highest BCUT2D eigenvalue weighted by Crippen LogP contribution is 2.43. The molecule has 1 saturated heterocycles. The quantitative estimate of drug-likeness (QED) is 0.793. The van der Waals surface area contributed by atoms with Crippen LogP contribution >= 0.6 is 0 Å². The van der Waals surface area contributed by atoms with Crippen LogP contribution in [0.1, 0.15) is 58.8 Å². The van der Waals surface area contributed by atoms with Crippen LogP contribution in [-0.2, 0) is 14.4 Å². The summed E-state index contributed by atoms with van der Waals surface area (Å²) in [6.07, 6.45) is 3.53. The topological polar surface area (TPSA) is 74.7 Å². The van der Waals surface area contributed by atoms with Crippen LogP contribution in [0.15, 0.2) is 0 Å². The average Bonchev–Trinajstić information content (AvgIpc) is 2.61. The first-order valence-corrected chi connectivity index (χ1v) is 6.84. The number of carboxylic acid groups (broad SMARTS) is 1. The zero-order valence-electron chi connectivity index (χ0n) is 11.6. The van der Waals surface area contributed by atoms with E-state index >= 15 is 0 Å². The first-order valence-electron chi connectivity index (χ1n) is 6.84. The first kappa shape index (κ1) is 14.0. The van der Waals surface area contributed by atoms with Crippen molar-refractivity contribution in [1.82, 2.24) is 4.90 Å². The number of likely N-dealkylation sites (tertiary alicyclic amines) is 1. The fourth-order valence-electron chi connectivity index (χ4n) is 3.50. The molecule has 0 radical (unpaired) electrons. The maximum absolute atomic E-state index is 12.3. The van der Waals surface area contributed by atoms with Crippen LogP contribution in [0.2, 0.25) is 0 Å². The molecule has 1 aliphatic carbocycles. The standard InChI is InChI=1S/C14H21NO4/c1-13(2)7-10(16)15(11(17)8-13)14(9-12(18)19)5-3-4-6-14/h3-9H2,1-2H3,(H,18,19). The van der Waals surface area contributed by atoms with Crippen molar-refractivity contribution in [2.45, 2.75) is 64.3 Å². The van der Waals surface area contributed by atoms with Gasteiger partial charge in [0, 0.05) is 12.8 Å². The Morgan fingerprint density at radius 3 is 2.05 bits per heavy atom. The summed E-state index contributed by atoms with van der Waals surface area (Å²) in [6.45, 7) is 3.80. The van der Waals surface area contributed by atoms with Gasteiger partial charge in [-0.1, -0.05) is 26.7 Å². The van der Waals surface area contributed by atoms with E-state index in [0.717, 1.165) is 12.8 Å². The number of carbonyl (C=O) groups is 3. The minimum atomic E-state index is -0.938. The second-order valence-corrected chi connectivity index (χ2v) is 6.64. The summed E-state index contributed by atoms with van der Waals surface area (Å²) < 4.78 is 0. The molecule has 0 bridgehead atoms. The molecule has 1 aliphatic heterocycles. The second-order valence-electron chi connectivity index (χ2n) is 6.64. The largest absolute Gasteiger partial charge is 0.481 e. The van der Waals surface area contributed by atoms with Crippen LogP contribution < -0.4 is 0 Å². The van der Waals surface area contributed by atoms with Crippen LogP contribution in [-0.4, -0.2) is 33.3 Å². The van der Waals surface area contributed by atoms with Gasteiger partial charge in [0.15, 0.2) is 0 Å². The van der Waals surface area contributed by atoms with E-state index in [-0.39, 0.29) is 23.7 Å². The summed E-state index contributed by atoms with van der Waals surface area (Å²) >= 11 is 0. The Kier molecular flexibility index (Phi) is 3.41. The van der Waals surface area contributed by atoms with Crippen molar-refractivity contribution in [3.63, 3.8) is 0 Å². The third-order valence-electron chi connectivity index (χ3n) is 4.25. The number of carboxylic acids is 1. The lowest BCUT2D eigenvalue weighted by atomic mass is 9.78. The Hall–Kier alpha value is -1.39. The van der Waals surface area contributed by atoms with Gasteiger partial charge in [-0.15, -0.1) is 0 Å². The maximum Gasteiger partial charge on any atom is 0.305 e. The molecule has 106 valence electrons. The monoisotopic (exact) mass is 267 g/mol. The fraction of sp³-hybridized carbons (Fsp3) is 0.786. The maximum atomic E-state index is 12.3. The van der Waals surface area contributed by atoms with Gasteiger partial charge in [-0.25, -0.2) is 0 Å². The van der Waals surface area contributed by atoms with E-state index in [2.05, 4.69) is 0 Å². The van der Waals surface area contributed by atoms with Gasteiger partial charge in [0.1, 0.15) is 0 Å². The van der Waals surface area contributed by atoms with Crippen LogP contribution in [0.4, 0.5) is 0 Å². The van der Waals surface area contributed by atoms with E-state index in [1.807, 2.05) is 13.8 Å². The lowest BCUT2D eigenvalue weighted by Gasteiger charge is -2.44. The third kappa shape index (κ3) is 2.65. The summed E-state index contributed by atoms with van der Waals surface area (Å²) in [5.41, 5.74) is -1.08. The SMILES string of the molecule is CC1(C)CC(=O)N(C2(CC(=O)O)CCCC2)C(=O)C1. The number of amides is 2. The van der Waals surface area contributed by atoms with E-state index in [9.17, 15) is 14.4 Å². The van der Waals surface area contributed by atoms with Crippen molar-refractivity contribution in [3.05, 3.63) is 0 Å². The molecule has 0 spiro atoms. The molecule has 2 aliphatic rings. The predicted molar refractivity (Wildman–Crippen MR) is 68.3 cm³/mol. The first-order chi connectivity index (χ1) is 8.76. The summed E-state index contributed by atoms with van der Waals surface area (Å²) in [6, 6.07) is 0. The van der Waals surface area contributed by atoms with Gasteiger partial charge in [0.2, 0.25) is 11.8 Å². The molecule has 2 rings (SSSR count). The van der Waals surface area contributed by atoms with Crippen molar-refractivity contribution in [2.75, 3.05) is 0 Å². The molecule has 2 fully saturated rings. The number of piperidine rings is 1. The van der Waals surface area contributed by atoms with Crippen molar-refractivity contribution < 1.29 is 19.5 Å². The van der Waals surface area contributed by atoms with Crippen LogP contribution in [0.3, 0.4) is 0 Å². The van der Waals surface area contributed by atoms with Gasteiger partial charge < -0.3 is 5.11 Å². The molecule has 5 heteroatoms. The smallest absolute Gasteiger partial charge is 0.305 e. The van der Waals surface area contributed by atoms with Gasteiger partial charge in [0.05, 0.1) is 12.0 Å². The van der Waals surface area contributed by atoms with Gasteiger partial charge in [0.25, 0.3) is 0 Å². The normalized spacial score (nSPS) is 25.7. The van der Waals surface area contributed by atoms with Gasteiger partial charge >= 0.3 is 5.97 Å². The molecule has 19 heavy (non-hydrogen) atoms. The number of nitrogens with zero attached hydrogens (tertiary/aromatic N) is 1. The average molecular weight is 267 g/mol. The highest BCUT2D eigenvalue weighted by molar-refractivity contribution is 5.99. The summed E-state index contributed by atoms with van der Waals surface area (Å²) in [5, 5.41) is 9.10. The highest BCUT2D eigenvalue weighted by Gasteiger charge is 2.50. The number of hydrogen-bond acceptors (Lipinski definition) is 3. The van der Waals surface area contributed by atoms with Crippen LogP contribution in [0.5, 0.6) is 0 Å². The molecule has 1 N–H and O–H groups in total. The predicted octanol–water partition coefficient (Wildman–Crippen LogP) is 1.95. The number of hydrogen-bond donors (Lipinski definition) is 1. The Bertz CT molecular complexity index is 401. The molecular formula is C14H21NO4. The summed E-state index contributed by atoms with van der Waals surface area (Å²) in [4.78, 5) is 37.0. The molecule has 0 aromatic carbocycles. The fourth-order valence-corrected chi connectivity index (χ4v) is 3.50. The number of rotatable bonds is 3. The van der Waals surface area contributed by atoms with Crippen molar-refractivity contribution in [2.24, 2.45) is 5.41 Å². The summed E-state index contributed by atoms with van der Waals surface area (Å²) in [5.74, 6) is -1.35. The Balaban J connectivity index is 2.29. The highest BCUT2D eigenvalue weighted by atomic mass is 16.4. The zero-order chi connectivity index (χ0) is 14.3. The molecule has 5 nitrogen and oxygen atoms in total. The number of aliphatic carboxylic acids is 1. The number of imide groups is 1. The van der Waals surface area contributed by atoms with Gasteiger partial charge in [-0.2, -0.15) is 0 Å². The molecule has 0 atom stereocenters. The van der Waals surface area contributed by atoms with Crippen LogP contribution in [0.25, 0.3) is 0 Å². The molecule has 1 heterocycles. The molecular weight excluding hydrogens is 246 g/mol. The van der Waals surface area contributed by atoms with E-state index in [4.69, 9.17) is 5.11 Å². The third-order valence-corrected chi connectivity index (χ3v) is 4.25. The van der Waals surface area contributed by atoms with Crippen LogP contribution in [0, 0.1) is 5.41 Å². The lowest BCUT2D eigenvalue weighted by molar-refractivity contribution is -0.162. The van der Waals surface area contributed by atoms with E-state index in [0.29, 0.717) is 25.7 Å². The molecule has 0 aromatic heterocycles. The zero-order valence-corrected chi connectivity index (χ0v) is 11.6. The van der Waals surface area contributed by atoms with E-state index in [1.165, 1.54) is 4.90 Å². The Morgan fingerprint density at radius 1 is 1.16 bits per heavy atom. The Morgan fingerprint density at radius 2 is 1.63 bits per heavy atom. The number of carbonyl (C=O) groups excluding carboxylic acids is 2. The Labute approximate surface area is 113 Å². The van der Waals surface area contributed by atoms with Crippen molar-refractivity contribution in [3.8, 4) is 0 Å². The van der Waals surface area contributed by atoms with E-state index < -0.39 is 11.5 Å².